The van der Waals surface area contributed by atoms with Crippen LogP contribution in [0.25, 0.3) is 0 Å². The highest BCUT2D eigenvalue weighted by Crippen LogP contribution is 2.66. The second-order valence-electron chi connectivity index (χ2n) is 13.5. The number of nitrogens with zero attached hydrogens (tertiary/aromatic N) is 3. The number of amides is 3. The normalized spacial score (nSPS) is 27.8. The lowest BCUT2D eigenvalue weighted by Gasteiger charge is -2.39. The van der Waals surface area contributed by atoms with Crippen LogP contribution in [0.15, 0.2) is 79.9 Å². The number of ether oxygens (including phenoxy) is 2. The number of benzene rings is 2. The van der Waals surface area contributed by atoms with Gasteiger partial charge >= 0.3 is 0 Å². The second-order valence-corrected chi connectivity index (χ2v) is 13.5. The second kappa shape index (κ2) is 14.7. The number of aliphatic hydroxyl groups excluding tert-OH is 1. The third-order valence-corrected chi connectivity index (χ3v) is 10.7. The summed E-state index contributed by atoms with van der Waals surface area (Å²) in [4.78, 5) is 49.8. The van der Waals surface area contributed by atoms with Gasteiger partial charge in [0.15, 0.2) is 0 Å². The molecule has 3 amide bonds. The van der Waals surface area contributed by atoms with Gasteiger partial charge in [0.1, 0.15) is 17.4 Å². The van der Waals surface area contributed by atoms with Crippen molar-refractivity contribution in [2.24, 2.45) is 17.8 Å². The van der Waals surface area contributed by atoms with Crippen molar-refractivity contribution in [3.63, 3.8) is 0 Å². The monoisotopic (exact) mass is 657 g/mol. The number of aliphatic hydroxyl groups is 1. The zero-order valence-electron chi connectivity index (χ0n) is 28.8. The molecule has 0 aliphatic carbocycles. The number of likely N-dealkylation sites (tertiary alicyclic amines) is 1. The van der Waals surface area contributed by atoms with Crippen molar-refractivity contribution in [2.45, 2.75) is 76.7 Å². The fraction of sp³-hybridized carbons (Fsp3) is 0.513. The minimum absolute atomic E-state index is 0.131. The van der Waals surface area contributed by atoms with Crippen LogP contribution in [0.1, 0.15) is 65.0 Å². The fourth-order valence-electron chi connectivity index (χ4n) is 8.38. The lowest BCUT2D eigenvalue weighted by molar-refractivity contribution is -0.155. The summed E-state index contributed by atoms with van der Waals surface area (Å²) in [7, 11) is 0. The smallest absolute Gasteiger partial charge is 0.248 e. The maximum absolute atomic E-state index is 15.0. The molecule has 3 saturated heterocycles. The first-order chi connectivity index (χ1) is 23.1. The highest BCUT2D eigenvalue weighted by molar-refractivity contribution is 6.03. The minimum Gasteiger partial charge on any atom is -0.494 e. The molecule has 3 heterocycles. The van der Waals surface area contributed by atoms with E-state index in [-0.39, 0.29) is 36.8 Å². The molecule has 7 atom stereocenters. The van der Waals surface area contributed by atoms with Crippen LogP contribution < -0.4 is 9.64 Å². The molecule has 9 nitrogen and oxygen atoms in total. The van der Waals surface area contributed by atoms with Crippen LogP contribution in [0, 0.1) is 17.8 Å². The van der Waals surface area contributed by atoms with Crippen LogP contribution in [-0.2, 0) is 19.1 Å². The Hall–Kier alpha value is -3.95. The van der Waals surface area contributed by atoms with E-state index in [1.807, 2.05) is 75.4 Å². The van der Waals surface area contributed by atoms with Crippen LogP contribution in [0.4, 0.5) is 5.69 Å². The van der Waals surface area contributed by atoms with E-state index in [9.17, 15) is 14.7 Å². The SMILES string of the molecule is C=CCN(CCCCC)C(=O)C1N([C@H](CO)c2ccccc2)C(=O)[C@@H]2[C@H](C(=O)N(CC=C)c3ccc(OCC)cc3)[C@@]3(C)OC12CC3C. The molecule has 1 spiro atoms. The summed E-state index contributed by atoms with van der Waals surface area (Å²) >= 11 is 0. The Bertz CT molecular complexity index is 1480. The van der Waals surface area contributed by atoms with Gasteiger partial charge < -0.3 is 29.3 Å². The van der Waals surface area contributed by atoms with Crippen molar-refractivity contribution in [1.29, 1.82) is 0 Å². The maximum Gasteiger partial charge on any atom is 0.248 e. The number of hydrogen-bond acceptors (Lipinski definition) is 6. The zero-order valence-corrected chi connectivity index (χ0v) is 28.8. The molecule has 9 heteroatoms. The van der Waals surface area contributed by atoms with Gasteiger partial charge in [0.05, 0.1) is 36.7 Å². The maximum atomic E-state index is 15.0. The van der Waals surface area contributed by atoms with Gasteiger partial charge in [-0.1, -0.05) is 69.2 Å². The molecule has 258 valence electrons. The van der Waals surface area contributed by atoms with E-state index in [2.05, 4.69) is 20.1 Å². The van der Waals surface area contributed by atoms with Crippen LogP contribution in [0.5, 0.6) is 5.75 Å². The van der Waals surface area contributed by atoms with Gasteiger partial charge in [-0.05, 0) is 62.4 Å². The van der Waals surface area contributed by atoms with Gasteiger partial charge in [-0.2, -0.15) is 0 Å². The lowest BCUT2D eigenvalue weighted by atomic mass is 9.62. The third kappa shape index (κ3) is 5.96. The molecule has 1 N–H and O–H groups in total. The molecule has 0 saturated carbocycles. The van der Waals surface area contributed by atoms with E-state index < -0.39 is 35.1 Å². The standard InChI is InChI=1S/C39H51N3O6/c1-7-11-15-24-40(22-8-2)37(46)34-39-25-27(5)38(6,48-39)32(33(39)36(45)42(34)31(26-43)28-16-13-12-14-17-28)35(44)41(23-9-3)29-18-20-30(21-19-29)47-10-4/h8-9,12-14,16-21,27,31-34,43H,2-3,7,10-11,15,22-26H2,1,4-6H3/t27?,31-,32-,33+,34?,38+,39?/m1/s1. The molecule has 3 fully saturated rings. The predicted molar refractivity (Wildman–Crippen MR) is 186 cm³/mol. The Morgan fingerprint density at radius 2 is 1.75 bits per heavy atom. The van der Waals surface area contributed by atoms with E-state index in [1.165, 1.54) is 0 Å². The third-order valence-electron chi connectivity index (χ3n) is 10.7. The molecule has 2 bridgehead atoms. The summed E-state index contributed by atoms with van der Waals surface area (Å²) in [6.45, 7) is 17.0. The molecule has 0 aromatic heterocycles. The molecular formula is C39H51N3O6. The molecule has 3 aliphatic heterocycles. The van der Waals surface area contributed by atoms with Gasteiger partial charge in [0.2, 0.25) is 17.7 Å². The van der Waals surface area contributed by atoms with Crippen molar-refractivity contribution in [2.75, 3.05) is 37.7 Å². The number of carbonyl (C=O) groups excluding carboxylic acids is 3. The van der Waals surface area contributed by atoms with Crippen molar-refractivity contribution >= 4 is 23.4 Å². The minimum atomic E-state index is -1.26. The summed E-state index contributed by atoms with van der Waals surface area (Å²) in [5, 5.41) is 10.9. The first kappa shape index (κ1) is 35.4. The number of rotatable bonds is 16. The molecule has 48 heavy (non-hydrogen) atoms. The van der Waals surface area contributed by atoms with Crippen molar-refractivity contribution in [3.8, 4) is 5.75 Å². The molecule has 2 aromatic rings. The average molecular weight is 658 g/mol. The molecule has 2 aromatic carbocycles. The van der Waals surface area contributed by atoms with Crippen LogP contribution in [0.3, 0.4) is 0 Å². The summed E-state index contributed by atoms with van der Waals surface area (Å²) in [6.07, 6.45) is 6.57. The molecule has 5 rings (SSSR count). The van der Waals surface area contributed by atoms with Crippen molar-refractivity contribution in [3.05, 3.63) is 85.5 Å². The van der Waals surface area contributed by atoms with E-state index in [0.29, 0.717) is 43.1 Å². The van der Waals surface area contributed by atoms with E-state index in [1.54, 1.807) is 26.9 Å². The van der Waals surface area contributed by atoms with Crippen LogP contribution in [0.2, 0.25) is 0 Å². The molecule has 0 radical (unpaired) electrons. The largest absolute Gasteiger partial charge is 0.494 e. The van der Waals surface area contributed by atoms with Gasteiger partial charge in [-0.3, -0.25) is 14.4 Å². The number of fused-ring (bicyclic) bond motifs is 1. The Kier molecular flexibility index (Phi) is 10.8. The number of hydrogen-bond donors (Lipinski definition) is 1. The van der Waals surface area contributed by atoms with Crippen LogP contribution in [-0.4, -0.2) is 82.7 Å². The van der Waals surface area contributed by atoms with Gasteiger partial charge in [0, 0.05) is 25.3 Å². The van der Waals surface area contributed by atoms with E-state index in [0.717, 1.165) is 19.3 Å². The van der Waals surface area contributed by atoms with E-state index >= 15 is 4.79 Å². The van der Waals surface area contributed by atoms with Crippen LogP contribution >= 0.6 is 0 Å². The number of carbonyl (C=O) groups is 3. The quantitative estimate of drug-likeness (QED) is 0.188. The summed E-state index contributed by atoms with van der Waals surface area (Å²) in [6, 6.07) is 14.8. The highest BCUT2D eigenvalue weighted by Gasteiger charge is 2.80. The average Bonchev–Trinajstić information content (AvgIpc) is 3.60. The Morgan fingerprint density at radius 1 is 1.06 bits per heavy atom. The Labute approximate surface area is 285 Å². The topological polar surface area (TPSA) is 99.6 Å². The first-order valence-electron chi connectivity index (χ1n) is 17.4. The van der Waals surface area contributed by atoms with E-state index in [4.69, 9.17) is 9.47 Å². The summed E-state index contributed by atoms with van der Waals surface area (Å²) in [5.74, 6) is -2.07. The number of anilines is 1. The van der Waals surface area contributed by atoms with Gasteiger partial charge in [0.25, 0.3) is 0 Å². The Balaban J connectivity index is 1.63. The lowest BCUT2D eigenvalue weighted by Crippen LogP contribution is -2.57. The summed E-state index contributed by atoms with van der Waals surface area (Å²) < 4.78 is 12.7. The highest BCUT2D eigenvalue weighted by atomic mass is 16.5. The molecular weight excluding hydrogens is 606 g/mol. The van der Waals surface area contributed by atoms with Crippen molar-refractivity contribution in [1.82, 2.24) is 9.80 Å². The predicted octanol–water partition coefficient (Wildman–Crippen LogP) is 5.55. The summed E-state index contributed by atoms with van der Waals surface area (Å²) in [5.41, 5.74) is -0.895. The van der Waals surface area contributed by atoms with Gasteiger partial charge in [-0.15, -0.1) is 13.2 Å². The molecule has 3 unspecified atom stereocenters. The molecule has 3 aliphatic rings. The first-order valence-corrected chi connectivity index (χ1v) is 17.4. The number of unbranched alkanes of at least 4 members (excludes halogenated alkanes) is 2. The fourth-order valence-corrected chi connectivity index (χ4v) is 8.38. The van der Waals surface area contributed by atoms with Gasteiger partial charge in [-0.25, -0.2) is 0 Å². The Morgan fingerprint density at radius 3 is 2.35 bits per heavy atom. The zero-order chi connectivity index (χ0) is 34.6. The van der Waals surface area contributed by atoms with Crippen molar-refractivity contribution < 1.29 is 29.0 Å².